The second-order valence-electron chi connectivity index (χ2n) is 9.36. The van der Waals surface area contributed by atoms with Gasteiger partial charge in [0.05, 0.1) is 29.9 Å². The molecule has 0 atom stereocenters. The van der Waals surface area contributed by atoms with Crippen LogP contribution in [0.15, 0.2) is 42.9 Å². The first-order valence-corrected chi connectivity index (χ1v) is 11.6. The van der Waals surface area contributed by atoms with Gasteiger partial charge in [-0.3, -0.25) is 4.68 Å². The fourth-order valence-corrected chi connectivity index (χ4v) is 4.54. The average molecular weight is 443 g/mol. The summed E-state index contributed by atoms with van der Waals surface area (Å²) in [6, 6.07) is 10.9. The van der Waals surface area contributed by atoms with Gasteiger partial charge in [0, 0.05) is 55.5 Å². The number of rotatable bonds is 6. The van der Waals surface area contributed by atoms with E-state index in [2.05, 4.69) is 62.6 Å². The second kappa shape index (κ2) is 8.83. The molecule has 2 aromatic heterocycles. The highest BCUT2D eigenvalue weighted by molar-refractivity contribution is 5.65. The second-order valence-corrected chi connectivity index (χ2v) is 9.36. The number of benzene rings is 1. The van der Waals surface area contributed by atoms with E-state index in [9.17, 15) is 5.26 Å². The summed E-state index contributed by atoms with van der Waals surface area (Å²) in [5.41, 5.74) is 4.73. The average Bonchev–Trinajstić information content (AvgIpc) is 3.27. The lowest BCUT2D eigenvalue weighted by atomic mass is 9.70. The van der Waals surface area contributed by atoms with Crippen LogP contribution in [0.2, 0.25) is 0 Å². The van der Waals surface area contributed by atoms with Crippen molar-refractivity contribution < 1.29 is 0 Å². The lowest BCUT2D eigenvalue weighted by Crippen LogP contribution is -2.44. The maximum absolute atomic E-state index is 9.52. The normalized spacial score (nSPS) is 17.9. The molecule has 1 saturated carbocycles. The Kier molecular flexibility index (Phi) is 5.73. The molecule has 0 radical (unpaired) electrons. The van der Waals surface area contributed by atoms with E-state index < -0.39 is 0 Å². The number of anilines is 3. The van der Waals surface area contributed by atoms with E-state index in [0.717, 1.165) is 67.9 Å². The van der Waals surface area contributed by atoms with Crippen molar-refractivity contribution in [3.8, 4) is 17.3 Å². The number of aryl methyl sites for hydroxylation is 1. The number of piperazine rings is 1. The Bertz CT molecular complexity index is 1150. The minimum Gasteiger partial charge on any atom is -0.369 e. The molecule has 1 N–H and O–H groups in total. The van der Waals surface area contributed by atoms with Crippen molar-refractivity contribution in [2.24, 2.45) is 5.41 Å². The number of hydrogen-bond donors (Lipinski definition) is 1. The standard InChI is InChI=1S/C25H30N8/c1-19-14-27-24(29-21-4-6-22(7-5-21)32-12-10-31(2)11-13-32)30-23(19)20-15-28-33(16-20)18-25(17-26)8-3-9-25/h4-7,14-16H,3,8-13,18H2,1-2H3,(H,27,29,30). The van der Waals surface area contributed by atoms with Gasteiger partial charge < -0.3 is 15.1 Å². The van der Waals surface area contributed by atoms with Crippen LogP contribution in [-0.4, -0.2) is 57.9 Å². The van der Waals surface area contributed by atoms with Gasteiger partial charge in [0.15, 0.2) is 0 Å². The summed E-state index contributed by atoms with van der Waals surface area (Å²) < 4.78 is 1.88. The number of nitrogens with one attached hydrogen (secondary N) is 1. The van der Waals surface area contributed by atoms with Crippen LogP contribution in [0.5, 0.6) is 0 Å². The molecule has 1 aromatic carbocycles. The monoisotopic (exact) mass is 442 g/mol. The van der Waals surface area contributed by atoms with Crippen molar-refractivity contribution >= 4 is 17.3 Å². The van der Waals surface area contributed by atoms with Gasteiger partial charge in [-0.25, -0.2) is 9.97 Å². The fourth-order valence-electron chi connectivity index (χ4n) is 4.54. The predicted octanol–water partition coefficient (Wildman–Crippen LogP) is 3.84. The molecular formula is C25H30N8. The first-order chi connectivity index (χ1) is 16.0. The SMILES string of the molecule is Cc1cnc(Nc2ccc(N3CCN(C)CC3)cc2)nc1-c1cnn(CC2(C#N)CCC2)c1. The molecule has 8 heteroatoms. The third kappa shape index (κ3) is 4.55. The smallest absolute Gasteiger partial charge is 0.227 e. The zero-order valence-corrected chi connectivity index (χ0v) is 19.3. The summed E-state index contributed by atoms with van der Waals surface area (Å²) in [6.07, 6.45) is 8.68. The van der Waals surface area contributed by atoms with Crippen LogP contribution in [0.1, 0.15) is 24.8 Å². The lowest BCUT2D eigenvalue weighted by molar-refractivity contribution is 0.174. The minimum atomic E-state index is -0.257. The predicted molar refractivity (Wildman–Crippen MR) is 129 cm³/mol. The van der Waals surface area contributed by atoms with Crippen molar-refractivity contribution in [3.05, 3.63) is 48.4 Å². The highest BCUT2D eigenvalue weighted by Gasteiger charge is 2.37. The maximum atomic E-state index is 9.52. The molecule has 2 aliphatic rings. The number of nitriles is 1. The van der Waals surface area contributed by atoms with Gasteiger partial charge in [-0.2, -0.15) is 10.4 Å². The zero-order valence-electron chi connectivity index (χ0n) is 19.3. The fraction of sp³-hybridized carbons (Fsp3) is 0.440. The van der Waals surface area contributed by atoms with Crippen molar-refractivity contribution in [1.29, 1.82) is 5.26 Å². The molecule has 1 saturated heterocycles. The largest absolute Gasteiger partial charge is 0.369 e. The maximum Gasteiger partial charge on any atom is 0.227 e. The van der Waals surface area contributed by atoms with Gasteiger partial charge in [0.2, 0.25) is 5.95 Å². The molecule has 1 aliphatic carbocycles. The molecule has 33 heavy (non-hydrogen) atoms. The highest BCUT2D eigenvalue weighted by Crippen LogP contribution is 2.41. The molecule has 2 fully saturated rings. The van der Waals surface area contributed by atoms with Gasteiger partial charge in [0.1, 0.15) is 0 Å². The summed E-state index contributed by atoms with van der Waals surface area (Å²) in [4.78, 5) is 14.0. The Hall–Kier alpha value is -3.44. The Morgan fingerprint density at radius 2 is 1.85 bits per heavy atom. The zero-order chi connectivity index (χ0) is 22.8. The highest BCUT2D eigenvalue weighted by atomic mass is 15.3. The van der Waals surface area contributed by atoms with E-state index in [4.69, 9.17) is 4.98 Å². The van der Waals surface area contributed by atoms with Gasteiger partial charge in [-0.1, -0.05) is 6.42 Å². The number of aromatic nitrogens is 4. The van der Waals surface area contributed by atoms with Crippen LogP contribution in [0, 0.1) is 23.7 Å². The van der Waals surface area contributed by atoms with Gasteiger partial charge in [0.25, 0.3) is 0 Å². The van der Waals surface area contributed by atoms with E-state index in [1.807, 2.05) is 30.2 Å². The van der Waals surface area contributed by atoms with E-state index in [1.54, 1.807) is 0 Å². The van der Waals surface area contributed by atoms with Crippen molar-refractivity contribution in [3.63, 3.8) is 0 Å². The summed E-state index contributed by atoms with van der Waals surface area (Å²) in [5.74, 6) is 0.559. The van der Waals surface area contributed by atoms with E-state index >= 15 is 0 Å². The van der Waals surface area contributed by atoms with Crippen LogP contribution in [0.3, 0.4) is 0 Å². The lowest BCUT2D eigenvalue weighted by Gasteiger charge is -2.34. The van der Waals surface area contributed by atoms with Crippen molar-refractivity contribution in [2.75, 3.05) is 43.4 Å². The molecule has 0 unspecified atom stereocenters. The topological polar surface area (TPSA) is 85.9 Å². The van der Waals surface area contributed by atoms with Crippen molar-refractivity contribution in [2.45, 2.75) is 32.7 Å². The Balaban J connectivity index is 1.29. The van der Waals surface area contributed by atoms with Crippen LogP contribution < -0.4 is 10.2 Å². The van der Waals surface area contributed by atoms with E-state index in [1.165, 1.54) is 5.69 Å². The van der Waals surface area contributed by atoms with Gasteiger partial charge >= 0.3 is 0 Å². The summed E-state index contributed by atoms with van der Waals surface area (Å²) in [6.45, 7) is 6.93. The Morgan fingerprint density at radius 3 is 2.52 bits per heavy atom. The summed E-state index contributed by atoms with van der Waals surface area (Å²) >= 11 is 0. The Morgan fingerprint density at radius 1 is 1.09 bits per heavy atom. The quantitative estimate of drug-likeness (QED) is 0.621. The van der Waals surface area contributed by atoms with Gasteiger partial charge in [-0.15, -0.1) is 0 Å². The molecule has 5 rings (SSSR count). The van der Waals surface area contributed by atoms with Crippen LogP contribution in [0.25, 0.3) is 11.3 Å². The molecule has 8 nitrogen and oxygen atoms in total. The minimum absolute atomic E-state index is 0.257. The Labute approximate surface area is 194 Å². The number of likely N-dealkylation sites (N-methyl/N-ethyl adjacent to an activating group) is 1. The third-order valence-electron chi connectivity index (χ3n) is 6.88. The molecule has 3 heterocycles. The first-order valence-electron chi connectivity index (χ1n) is 11.6. The third-order valence-corrected chi connectivity index (χ3v) is 6.88. The molecule has 1 aliphatic heterocycles. The molecule has 0 spiro atoms. The summed E-state index contributed by atoms with van der Waals surface area (Å²) in [5, 5.41) is 17.3. The molecular weight excluding hydrogens is 412 g/mol. The van der Waals surface area contributed by atoms with Crippen LogP contribution >= 0.6 is 0 Å². The van der Waals surface area contributed by atoms with Crippen LogP contribution in [0.4, 0.5) is 17.3 Å². The number of nitrogens with zero attached hydrogens (tertiary/aromatic N) is 7. The molecule has 0 bridgehead atoms. The number of hydrogen-bond acceptors (Lipinski definition) is 7. The molecule has 0 amide bonds. The molecule has 3 aromatic rings. The van der Waals surface area contributed by atoms with Crippen molar-refractivity contribution in [1.82, 2.24) is 24.6 Å². The molecule has 170 valence electrons. The van der Waals surface area contributed by atoms with Gasteiger partial charge in [-0.05, 0) is 56.6 Å². The first kappa shape index (κ1) is 21.4. The van der Waals surface area contributed by atoms with E-state index in [0.29, 0.717) is 12.5 Å². The van der Waals surface area contributed by atoms with E-state index in [-0.39, 0.29) is 5.41 Å². The summed E-state index contributed by atoms with van der Waals surface area (Å²) in [7, 11) is 2.17. The van der Waals surface area contributed by atoms with Crippen LogP contribution in [-0.2, 0) is 6.54 Å².